The number of hydrogen-bond acceptors (Lipinski definition) is 3. The van der Waals surface area contributed by atoms with Gasteiger partial charge in [-0.1, -0.05) is 23.7 Å². The maximum Gasteiger partial charge on any atom is 0.283 e. The second-order valence-corrected chi connectivity index (χ2v) is 8.03. The largest absolute Gasteiger partial charge is 0.324 e. The predicted molar refractivity (Wildman–Crippen MR) is 110 cm³/mol. The number of aryl methyl sites for hydroxylation is 2. The Labute approximate surface area is 177 Å². The van der Waals surface area contributed by atoms with Gasteiger partial charge in [0.05, 0.1) is 23.0 Å². The molecular weight excluding hydrogens is 412 g/mol. The topological polar surface area (TPSA) is 64.7 Å². The van der Waals surface area contributed by atoms with E-state index in [-0.39, 0.29) is 23.4 Å². The molecule has 1 aliphatic rings. The molecule has 0 spiro atoms. The number of amides is 1. The van der Waals surface area contributed by atoms with Gasteiger partial charge in [0.15, 0.2) is 0 Å². The summed E-state index contributed by atoms with van der Waals surface area (Å²) in [6.07, 6.45) is -1.04. The van der Waals surface area contributed by atoms with Crippen molar-refractivity contribution in [2.75, 3.05) is 5.32 Å². The van der Waals surface area contributed by atoms with Gasteiger partial charge >= 0.3 is 0 Å². The number of aromatic nitrogens is 4. The zero-order chi connectivity index (χ0) is 21.4. The number of carbonyl (C=O) groups is 1. The first-order chi connectivity index (χ1) is 14.3. The third-order valence-electron chi connectivity index (χ3n) is 5.07. The van der Waals surface area contributed by atoms with Gasteiger partial charge in [0.2, 0.25) is 5.91 Å². The Balaban J connectivity index is 1.47. The fourth-order valence-electron chi connectivity index (χ4n) is 3.57. The monoisotopic (exact) mass is 433 g/mol. The molecule has 3 aromatic rings. The molecule has 1 fully saturated rings. The van der Waals surface area contributed by atoms with E-state index in [1.165, 1.54) is 4.68 Å². The minimum absolute atomic E-state index is 0.0211. The van der Waals surface area contributed by atoms with Gasteiger partial charge in [-0.15, -0.1) is 0 Å². The molecule has 1 aromatic carbocycles. The molecule has 1 N–H and O–H groups in total. The lowest BCUT2D eigenvalue weighted by molar-refractivity contribution is -0.117. The van der Waals surface area contributed by atoms with E-state index in [4.69, 9.17) is 11.6 Å². The van der Waals surface area contributed by atoms with E-state index in [1.54, 1.807) is 6.07 Å². The van der Waals surface area contributed by atoms with Crippen LogP contribution >= 0.6 is 11.6 Å². The molecule has 158 valence electrons. The summed E-state index contributed by atoms with van der Waals surface area (Å²) >= 11 is 6.11. The minimum atomic E-state index is -2.77. The molecule has 0 bridgehead atoms. The number of nitrogens with one attached hydrogen (secondary N) is 1. The van der Waals surface area contributed by atoms with Crippen molar-refractivity contribution in [1.82, 2.24) is 19.6 Å². The highest BCUT2D eigenvalue weighted by molar-refractivity contribution is 6.32. The summed E-state index contributed by atoms with van der Waals surface area (Å²) in [5, 5.41) is 11.2. The summed E-state index contributed by atoms with van der Waals surface area (Å²) < 4.78 is 29.6. The van der Waals surface area contributed by atoms with Crippen molar-refractivity contribution in [2.24, 2.45) is 0 Å². The van der Waals surface area contributed by atoms with Crippen molar-refractivity contribution in [1.29, 1.82) is 0 Å². The second-order valence-electron chi connectivity index (χ2n) is 7.65. The Kier molecular flexibility index (Phi) is 5.60. The van der Waals surface area contributed by atoms with Crippen LogP contribution in [0.4, 0.5) is 14.5 Å². The molecule has 30 heavy (non-hydrogen) atoms. The van der Waals surface area contributed by atoms with E-state index in [2.05, 4.69) is 15.5 Å². The molecule has 2 heterocycles. The molecule has 1 saturated carbocycles. The normalized spacial score (nSPS) is 13.8. The minimum Gasteiger partial charge on any atom is -0.324 e. The molecule has 1 aliphatic carbocycles. The highest BCUT2D eigenvalue weighted by Crippen LogP contribution is 2.45. The lowest BCUT2D eigenvalue weighted by atomic mass is 10.2. The molecule has 2 aromatic heterocycles. The fourth-order valence-corrected chi connectivity index (χ4v) is 3.94. The van der Waals surface area contributed by atoms with Crippen LogP contribution in [0.3, 0.4) is 0 Å². The molecule has 0 radical (unpaired) electrons. The van der Waals surface area contributed by atoms with Crippen LogP contribution in [-0.4, -0.2) is 25.5 Å². The molecule has 6 nitrogen and oxygen atoms in total. The summed E-state index contributed by atoms with van der Waals surface area (Å²) in [6, 6.07) is 9.47. The Morgan fingerprint density at radius 1 is 1.23 bits per heavy atom. The van der Waals surface area contributed by atoms with Crippen LogP contribution in [0, 0.1) is 13.8 Å². The maximum absolute atomic E-state index is 13.2. The highest BCUT2D eigenvalue weighted by atomic mass is 35.5. The van der Waals surface area contributed by atoms with Crippen LogP contribution in [0.25, 0.3) is 0 Å². The van der Waals surface area contributed by atoms with Crippen molar-refractivity contribution in [3.63, 3.8) is 0 Å². The Bertz CT molecular complexity index is 1090. The zero-order valence-electron chi connectivity index (χ0n) is 16.7. The highest BCUT2D eigenvalue weighted by Gasteiger charge is 2.34. The van der Waals surface area contributed by atoms with E-state index in [0.717, 1.165) is 29.8 Å². The van der Waals surface area contributed by atoms with E-state index in [1.807, 2.05) is 42.8 Å². The number of nitrogens with zero attached hydrogens (tertiary/aromatic N) is 4. The summed E-state index contributed by atoms with van der Waals surface area (Å²) in [6.45, 7) is 4.35. The Morgan fingerprint density at radius 2 is 2.00 bits per heavy atom. The first kappa shape index (κ1) is 20.5. The van der Waals surface area contributed by atoms with Gasteiger partial charge in [0.25, 0.3) is 6.43 Å². The third kappa shape index (κ3) is 4.38. The first-order valence-electron chi connectivity index (χ1n) is 9.76. The number of hydrogen-bond donors (Lipinski definition) is 1. The van der Waals surface area contributed by atoms with Crippen molar-refractivity contribution in [2.45, 2.75) is 52.1 Å². The number of halogens is 3. The summed E-state index contributed by atoms with van der Waals surface area (Å²) in [4.78, 5) is 12.6. The van der Waals surface area contributed by atoms with Crippen LogP contribution in [0.15, 0.2) is 30.3 Å². The Hall–Kier alpha value is -2.74. The van der Waals surface area contributed by atoms with E-state index in [0.29, 0.717) is 17.9 Å². The number of rotatable bonds is 7. The smallest absolute Gasteiger partial charge is 0.283 e. The molecule has 4 rings (SSSR count). The van der Waals surface area contributed by atoms with Gasteiger partial charge in [-0.2, -0.15) is 10.2 Å². The number of alkyl halides is 2. The van der Waals surface area contributed by atoms with E-state index in [9.17, 15) is 13.6 Å². The first-order valence-corrected chi connectivity index (χ1v) is 10.1. The van der Waals surface area contributed by atoms with Crippen molar-refractivity contribution in [3.8, 4) is 0 Å². The van der Waals surface area contributed by atoms with E-state index < -0.39 is 12.1 Å². The number of benzene rings is 1. The number of carbonyl (C=O) groups excluding carboxylic acids is 1. The summed E-state index contributed by atoms with van der Waals surface area (Å²) in [5.74, 6) is -0.255. The molecule has 9 heteroatoms. The summed E-state index contributed by atoms with van der Waals surface area (Å²) in [5.41, 5.74) is 3.68. The average molecular weight is 434 g/mol. The average Bonchev–Trinajstić information content (AvgIpc) is 3.37. The molecule has 0 saturated heterocycles. The van der Waals surface area contributed by atoms with Gasteiger partial charge in [0.1, 0.15) is 12.2 Å². The lowest BCUT2D eigenvalue weighted by Gasteiger charge is -2.10. The summed E-state index contributed by atoms with van der Waals surface area (Å²) in [7, 11) is 0. The number of anilines is 1. The van der Waals surface area contributed by atoms with Gasteiger partial charge in [-0.3, -0.25) is 14.2 Å². The van der Waals surface area contributed by atoms with Crippen LogP contribution < -0.4 is 5.32 Å². The van der Waals surface area contributed by atoms with Crippen molar-refractivity contribution in [3.05, 3.63) is 63.7 Å². The van der Waals surface area contributed by atoms with Gasteiger partial charge < -0.3 is 5.32 Å². The zero-order valence-corrected chi connectivity index (χ0v) is 17.5. The standard InChI is InChI=1S/C21H22ClF2N5O/c1-12-8-13(2)28(26-12)10-14-4-3-5-16(9-14)25-17(30)11-29-20(15-6-7-15)18(22)19(27-29)21(23)24/h3-5,8-9,15,21H,6-7,10-11H2,1-2H3,(H,25,30). The SMILES string of the molecule is Cc1cc(C)n(Cc2cccc(NC(=O)Cn3nc(C(F)F)c(Cl)c3C3CC3)c2)n1. The van der Waals surface area contributed by atoms with Crippen LogP contribution in [0.5, 0.6) is 0 Å². The molecule has 0 atom stereocenters. The van der Waals surface area contributed by atoms with E-state index >= 15 is 0 Å². The molecule has 0 unspecified atom stereocenters. The maximum atomic E-state index is 13.2. The fraction of sp³-hybridized carbons (Fsp3) is 0.381. The van der Waals surface area contributed by atoms with Crippen LogP contribution in [-0.2, 0) is 17.9 Å². The quantitative estimate of drug-likeness (QED) is 0.579. The van der Waals surface area contributed by atoms with Crippen LogP contribution in [0.1, 0.15) is 53.5 Å². The van der Waals surface area contributed by atoms with Gasteiger partial charge in [0, 0.05) is 17.3 Å². The lowest BCUT2D eigenvalue weighted by Crippen LogP contribution is -2.21. The van der Waals surface area contributed by atoms with Crippen LogP contribution in [0.2, 0.25) is 5.02 Å². The molecular formula is C21H22ClF2N5O. The molecule has 1 amide bonds. The van der Waals surface area contributed by atoms with Gasteiger partial charge in [-0.25, -0.2) is 8.78 Å². The van der Waals surface area contributed by atoms with Crippen molar-refractivity contribution < 1.29 is 13.6 Å². The third-order valence-corrected chi connectivity index (χ3v) is 5.45. The predicted octanol–water partition coefficient (Wildman–Crippen LogP) is 4.85. The second kappa shape index (κ2) is 8.18. The molecule has 0 aliphatic heterocycles. The van der Waals surface area contributed by atoms with Crippen molar-refractivity contribution >= 4 is 23.2 Å². The van der Waals surface area contributed by atoms with Gasteiger partial charge in [-0.05, 0) is 50.5 Å². The Morgan fingerprint density at radius 3 is 2.63 bits per heavy atom.